The number of thioether (sulfide) groups is 1. The molecular weight excluding hydrogens is 338 g/mol. The number of aromatic nitrogens is 3. The summed E-state index contributed by atoms with van der Waals surface area (Å²) in [4.78, 5) is 14.4. The van der Waals surface area contributed by atoms with Gasteiger partial charge < -0.3 is 15.5 Å². The third kappa shape index (κ3) is 3.89. The van der Waals surface area contributed by atoms with Crippen molar-refractivity contribution in [3.63, 3.8) is 0 Å². The van der Waals surface area contributed by atoms with Crippen LogP contribution in [0.1, 0.15) is 26.2 Å². The Morgan fingerprint density at radius 2 is 2.08 bits per heavy atom. The fourth-order valence-corrected chi connectivity index (χ4v) is 3.73. The summed E-state index contributed by atoms with van der Waals surface area (Å²) in [6.45, 7) is 2.95. The predicted molar refractivity (Wildman–Crippen MR) is 97.9 cm³/mol. The minimum atomic E-state index is 0.131. The maximum absolute atomic E-state index is 12.4. The van der Waals surface area contributed by atoms with E-state index < -0.39 is 0 Å². The van der Waals surface area contributed by atoms with Crippen LogP contribution in [-0.2, 0) is 4.79 Å². The number of nitrogens with two attached hydrogens (primary N) is 1. The van der Waals surface area contributed by atoms with Crippen molar-refractivity contribution in [1.29, 1.82) is 0 Å². The van der Waals surface area contributed by atoms with Gasteiger partial charge in [0.15, 0.2) is 5.82 Å². The Hall–Kier alpha value is -2.22. The number of carbonyl (C=O) groups excluding carboxylic acids is 1. The highest BCUT2D eigenvalue weighted by atomic mass is 32.2. The van der Waals surface area contributed by atoms with Gasteiger partial charge in [0.2, 0.25) is 11.1 Å². The van der Waals surface area contributed by atoms with Gasteiger partial charge >= 0.3 is 0 Å². The highest BCUT2D eigenvalue weighted by molar-refractivity contribution is 7.99. The van der Waals surface area contributed by atoms with Gasteiger partial charge in [-0.3, -0.25) is 4.79 Å². The number of hydrogen-bond acceptors (Lipinski definition) is 6. The van der Waals surface area contributed by atoms with E-state index in [0.717, 1.165) is 30.7 Å². The van der Waals surface area contributed by atoms with E-state index in [2.05, 4.69) is 17.1 Å². The molecule has 1 aromatic heterocycles. The molecule has 1 saturated heterocycles. The summed E-state index contributed by atoms with van der Waals surface area (Å²) >= 11 is 1.32. The predicted octanol–water partition coefficient (Wildman–Crippen LogP) is 2.16. The van der Waals surface area contributed by atoms with Gasteiger partial charge in [0.25, 0.3) is 0 Å². The van der Waals surface area contributed by atoms with Crippen molar-refractivity contribution in [3.8, 4) is 17.1 Å². The number of carbonyl (C=O) groups is 1. The zero-order valence-corrected chi connectivity index (χ0v) is 15.3. The van der Waals surface area contributed by atoms with Crippen LogP contribution in [-0.4, -0.2) is 51.1 Å². The highest BCUT2D eigenvalue weighted by Gasteiger charge is 2.24. The molecule has 2 N–H and O–H groups in total. The Morgan fingerprint density at radius 1 is 1.32 bits per heavy atom. The molecule has 1 amide bonds. The van der Waals surface area contributed by atoms with Gasteiger partial charge in [-0.1, -0.05) is 11.8 Å². The first kappa shape index (κ1) is 17.6. The van der Waals surface area contributed by atoms with Gasteiger partial charge in [0.1, 0.15) is 5.75 Å². The summed E-state index contributed by atoms with van der Waals surface area (Å²) in [6, 6.07) is 7.76. The summed E-state index contributed by atoms with van der Waals surface area (Å²) < 4.78 is 6.58. The number of rotatable bonds is 5. The fraction of sp³-hybridized carbons (Fsp3) is 0.471. The first-order valence-corrected chi connectivity index (χ1v) is 9.36. The van der Waals surface area contributed by atoms with E-state index in [0.29, 0.717) is 22.8 Å². The van der Waals surface area contributed by atoms with E-state index in [-0.39, 0.29) is 5.91 Å². The summed E-state index contributed by atoms with van der Waals surface area (Å²) in [6.07, 6.45) is 3.35. The van der Waals surface area contributed by atoms with E-state index >= 15 is 0 Å². The van der Waals surface area contributed by atoms with Crippen LogP contribution in [0.4, 0.5) is 0 Å². The van der Waals surface area contributed by atoms with Crippen LogP contribution < -0.4 is 10.6 Å². The molecule has 1 aliphatic heterocycles. The molecule has 1 aliphatic rings. The average molecular weight is 361 g/mol. The van der Waals surface area contributed by atoms with E-state index in [1.807, 2.05) is 29.2 Å². The molecule has 0 aliphatic carbocycles. The van der Waals surface area contributed by atoms with Gasteiger partial charge in [-0.05, 0) is 50.5 Å². The molecule has 1 aromatic carbocycles. The lowest BCUT2D eigenvalue weighted by molar-refractivity contribution is -0.131. The number of nitrogen functional groups attached to an aromatic ring is 1. The third-order valence-corrected chi connectivity index (χ3v) is 5.39. The van der Waals surface area contributed by atoms with Crippen LogP contribution >= 0.6 is 11.8 Å². The summed E-state index contributed by atoms with van der Waals surface area (Å²) in [7, 11) is 1.62. The molecular formula is C17H23N5O2S. The number of hydrogen-bond donors (Lipinski definition) is 1. The molecule has 7 nitrogen and oxygen atoms in total. The number of methoxy groups -OCH3 is 1. The van der Waals surface area contributed by atoms with Crippen LogP contribution in [0.15, 0.2) is 29.4 Å². The molecule has 8 heteroatoms. The quantitative estimate of drug-likeness (QED) is 0.649. The van der Waals surface area contributed by atoms with Gasteiger partial charge in [-0.15, -0.1) is 10.2 Å². The van der Waals surface area contributed by atoms with E-state index in [4.69, 9.17) is 10.6 Å². The largest absolute Gasteiger partial charge is 0.497 e. The molecule has 1 fully saturated rings. The van der Waals surface area contributed by atoms with Crippen LogP contribution in [0, 0.1) is 0 Å². The maximum atomic E-state index is 12.4. The van der Waals surface area contributed by atoms with Crippen molar-refractivity contribution in [2.24, 2.45) is 0 Å². The van der Waals surface area contributed by atoms with Crippen molar-refractivity contribution in [2.75, 3.05) is 25.3 Å². The molecule has 0 radical (unpaired) electrons. The Morgan fingerprint density at radius 3 is 2.76 bits per heavy atom. The summed E-state index contributed by atoms with van der Waals surface area (Å²) in [5.41, 5.74) is 0.846. The zero-order chi connectivity index (χ0) is 17.8. The Bertz CT molecular complexity index is 731. The number of ether oxygens (including phenoxy) is 1. The number of likely N-dealkylation sites (tertiary alicyclic amines) is 1. The van der Waals surface area contributed by atoms with Crippen molar-refractivity contribution >= 4 is 17.7 Å². The molecule has 1 atom stereocenters. The Balaban J connectivity index is 1.65. The van der Waals surface area contributed by atoms with E-state index in [9.17, 15) is 4.79 Å². The van der Waals surface area contributed by atoms with Crippen molar-refractivity contribution in [1.82, 2.24) is 19.8 Å². The second-order valence-electron chi connectivity index (χ2n) is 6.13. The molecule has 2 heterocycles. The number of nitrogens with zero attached hydrogens (tertiary/aromatic N) is 4. The second kappa shape index (κ2) is 7.77. The minimum absolute atomic E-state index is 0.131. The lowest BCUT2D eigenvalue weighted by atomic mass is 10.0. The van der Waals surface area contributed by atoms with E-state index in [1.54, 1.807) is 7.11 Å². The van der Waals surface area contributed by atoms with Crippen LogP contribution in [0.5, 0.6) is 5.75 Å². The summed E-state index contributed by atoms with van der Waals surface area (Å²) in [5.74, 6) is 7.89. The van der Waals surface area contributed by atoms with Crippen LogP contribution in [0.3, 0.4) is 0 Å². The first-order chi connectivity index (χ1) is 12.1. The number of piperidine rings is 1. The first-order valence-electron chi connectivity index (χ1n) is 8.37. The molecule has 0 bridgehead atoms. The number of benzene rings is 1. The Kier molecular flexibility index (Phi) is 5.47. The topological polar surface area (TPSA) is 86.3 Å². The molecule has 3 rings (SSSR count). The maximum Gasteiger partial charge on any atom is 0.233 e. The standard InChI is InChI=1S/C17H23N5O2S/c1-12-5-3-4-10-21(12)15(23)11-25-17-20-19-16(22(17)18)13-6-8-14(24-2)9-7-13/h6-9,12H,3-5,10-11,18H2,1-2H3/t12-/m1/s1. The number of amides is 1. The molecule has 2 aromatic rings. The fourth-order valence-electron chi connectivity index (χ4n) is 2.99. The lowest BCUT2D eigenvalue weighted by Gasteiger charge is -2.33. The zero-order valence-electron chi connectivity index (χ0n) is 14.5. The van der Waals surface area contributed by atoms with E-state index in [1.165, 1.54) is 22.9 Å². The normalized spacial score (nSPS) is 17.5. The summed E-state index contributed by atoms with van der Waals surface area (Å²) in [5, 5.41) is 8.80. The average Bonchev–Trinajstić information content (AvgIpc) is 3.01. The smallest absolute Gasteiger partial charge is 0.233 e. The highest BCUT2D eigenvalue weighted by Crippen LogP contribution is 2.24. The SMILES string of the molecule is COc1ccc(-c2nnc(SCC(=O)N3CCCC[C@H]3C)n2N)cc1. The second-order valence-corrected chi connectivity index (χ2v) is 7.07. The van der Waals surface area contributed by atoms with Gasteiger partial charge in [-0.2, -0.15) is 0 Å². The molecule has 0 spiro atoms. The van der Waals surface area contributed by atoms with Crippen molar-refractivity contribution in [3.05, 3.63) is 24.3 Å². The molecule has 134 valence electrons. The minimum Gasteiger partial charge on any atom is -0.497 e. The lowest BCUT2D eigenvalue weighted by Crippen LogP contribution is -2.43. The molecule has 25 heavy (non-hydrogen) atoms. The third-order valence-electron chi connectivity index (χ3n) is 4.46. The van der Waals surface area contributed by atoms with Crippen molar-refractivity contribution in [2.45, 2.75) is 37.4 Å². The van der Waals surface area contributed by atoms with Crippen LogP contribution in [0.2, 0.25) is 0 Å². The van der Waals surface area contributed by atoms with Crippen molar-refractivity contribution < 1.29 is 9.53 Å². The molecule has 0 unspecified atom stereocenters. The monoisotopic (exact) mass is 361 g/mol. The Labute approximate surface area is 151 Å². The van der Waals surface area contributed by atoms with Gasteiger partial charge in [0.05, 0.1) is 12.9 Å². The van der Waals surface area contributed by atoms with Crippen LogP contribution in [0.25, 0.3) is 11.4 Å². The van der Waals surface area contributed by atoms with Gasteiger partial charge in [-0.25, -0.2) is 4.68 Å². The van der Waals surface area contributed by atoms with Gasteiger partial charge in [0, 0.05) is 18.2 Å². The molecule has 0 saturated carbocycles.